The predicted molar refractivity (Wildman–Crippen MR) is 115 cm³/mol. The summed E-state index contributed by atoms with van der Waals surface area (Å²) < 4.78 is 8.31. The standard InChI is InChI=1S/C20H18N4O3S.ClH/c1-27-15-6-4-14(5-7-15)16-13-17-20(26)23(10-11-24(17)22-16)9-8-21-19(25)18-3-2-12-28-18;/h2-7,10-13H,8-9H2,1H3,(H,21,25);1H. The third-order valence-corrected chi connectivity index (χ3v) is 5.24. The van der Waals surface area contributed by atoms with Gasteiger partial charge >= 0.3 is 0 Å². The summed E-state index contributed by atoms with van der Waals surface area (Å²) in [6.45, 7) is 0.752. The number of benzene rings is 1. The van der Waals surface area contributed by atoms with Crippen LogP contribution in [0.5, 0.6) is 5.75 Å². The molecule has 3 aromatic heterocycles. The largest absolute Gasteiger partial charge is 0.497 e. The number of carbonyl (C=O) groups excluding carboxylic acids is 1. The van der Waals surface area contributed by atoms with E-state index < -0.39 is 0 Å². The van der Waals surface area contributed by atoms with E-state index in [0.717, 1.165) is 11.3 Å². The van der Waals surface area contributed by atoms with E-state index >= 15 is 0 Å². The molecule has 0 aliphatic rings. The molecule has 1 aromatic carbocycles. The van der Waals surface area contributed by atoms with Gasteiger partial charge in [-0.25, -0.2) is 4.52 Å². The normalized spacial score (nSPS) is 10.5. The summed E-state index contributed by atoms with van der Waals surface area (Å²) in [7, 11) is 1.62. The van der Waals surface area contributed by atoms with Gasteiger partial charge in [0.1, 0.15) is 11.3 Å². The minimum atomic E-state index is -0.153. The van der Waals surface area contributed by atoms with Gasteiger partial charge in [0.2, 0.25) is 0 Å². The molecule has 4 aromatic rings. The van der Waals surface area contributed by atoms with Gasteiger partial charge in [-0.1, -0.05) is 6.07 Å². The number of rotatable bonds is 6. The van der Waals surface area contributed by atoms with Crippen LogP contribution < -0.4 is 15.6 Å². The Hall–Kier alpha value is -3.10. The van der Waals surface area contributed by atoms with Crippen molar-refractivity contribution in [2.75, 3.05) is 13.7 Å². The number of thiophene rings is 1. The zero-order valence-corrected chi connectivity index (χ0v) is 17.2. The zero-order valence-electron chi connectivity index (χ0n) is 15.6. The molecule has 9 heteroatoms. The average Bonchev–Trinajstić information content (AvgIpc) is 3.40. The Balaban J connectivity index is 0.00000240. The van der Waals surface area contributed by atoms with Gasteiger partial charge in [0.25, 0.3) is 11.5 Å². The van der Waals surface area contributed by atoms with Crippen LogP contribution in [0.3, 0.4) is 0 Å². The van der Waals surface area contributed by atoms with Gasteiger partial charge in [-0.3, -0.25) is 9.59 Å². The van der Waals surface area contributed by atoms with Gasteiger partial charge < -0.3 is 14.6 Å². The quantitative estimate of drug-likeness (QED) is 0.510. The fraction of sp³-hybridized carbons (Fsp3) is 0.150. The average molecular weight is 431 g/mol. The number of carbonyl (C=O) groups is 1. The number of nitrogens with one attached hydrogen (secondary N) is 1. The van der Waals surface area contributed by atoms with Crippen molar-refractivity contribution in [1.29, 1.82) is 0 Å². The van der Waals surface area contributed by atoms with Crippen LogP contribution in [0.2, 0.25) is 0 Å². The van der Waals surface area contributed by atoms with E-state index in [0.29, 0.717) is 29.2 Å². The molecule has 0 saturated carbocycles. The van der Waals surface area contributed by atoms with Crippen molar-refractivity contribution in [3.63, 3.8) is 0 Å². The van der Waals surface area contributed by atoms with E-state index in [4.69, 9.17) is 4.74 Å². The lowest BCUT2D eigenvalue weighted by atomic mass is 10.1. The SMILES string of the molecule is COc1ccc(-c2cc3c(=O)n(CCNC(=O)c4cccs4)ccn3n2)cc1.Cl. The topological polar surface area (TPSA) is 77.6 Å². The fourth-order valence-electron chi connectivity index (χ4n) is 2.89. The van der Waals surface area contributed by atoms with E-state index in [-0.39, 0.29) is 23.9 Å². The lowest BCUT2D eigenvalue weighted by molar-refractivity contribution is 0.0956. The van der Waals surface area contributed by atoms with E-state index in [1.54, 1.807) is 40.7 Å². The summed E-state index contributed by atoms with van der Waals surface area (Å²) in [4.78, 5) is 25.4. The second kappa shape index (κ2) is 8.93. The van der Waals surface area contributed by atoms with Crippen molar-refractivity contribution in [1.82, 2.24) is 19.5 Å². The number of methoxy groups -OCH3 is 1. The van der Waals surface area contributed by atoms with Crippen LogP contribution >= 0.6 is 23.7 Å². The third kappa shape index (κ3) is 4.33. The van der Waals surface area contributed by atoms with E-state index in [9.17, 15) is 9.59 Å². The maximum atomic E-state index is 12.7. The van der Waals surface area contributed by atoms with Crippen molar-refractivity contribution in [2.24, 2.45) is 0 Å². The lowest BCUT2D eigenvalue weighted by Gasteiger charge is -2.07. The molecule has 0 fully saturated rings. The van der Waals surface area contributed by atoms with Crippen molar-refractivity contribution >= 4 is 35.2 Å². The summed E-state index contributed by atoms with van der Waals surface area (Å²) in [6.07, 6.45) is 3.42. The number of fused-ring (bicyclic) bond motifs is 1. The van der Waals surface area contributed by atoms with Crippen LogP contribution in [0.1, 0.15) is 9.67 Å². The molecule has 7 nitrogen and oxygen atoms in total. The number of ether oxygens (including phenoxy) is 1. The maximum Gasteiger partial charge on any atom is 0.276 e. The molecule has 150 valence electrons. The molecule has 0 unspecified atom stereocenters. The molecule has 0 radical (unpaired) electrons. The highest BCUT2D eigenvalue weighted by Gasteiger charge is 2.10. The Morgan fingerprint density at radius 1 is 1.21 bits per heavy atom. The van der Waals surface area contributed by atoms with Crippen LogP contribution in [0.4, 0.5) is 0 Å². The fourth-order valence-corrected chi connectivity index (χ4v) is 3.53. The molecule has 0 bridgehead atoms. The first-order valence-corrected chi connectivity index (χ1v) is 9.58. The minimum Gasteiger partial charge on any atom is -0.497 e. The summed E-state index contributed by atoms with van der Waals surface area (Å²) in [5.41, 5.74) is 1.94. The molecule has 1 amide bonds. The molecule has 4 rings (SSSR count). The number of hydrogen-bond acceptors (Lipinski definition) is 5. The highest BCUT2D eigenvalue weighted by atomic mass is 35.5. The summed E-state index contributed by atoms with van der Waals surface area (Å²) >= 11 is 1.39. The van der Waals surface area contributed by atoms with Gasteiger partial charge in [-0.05, 0) is 41.8 Å². The molecular weight excluding hydrogens is 412 g/mol. The Morgan fingerprint density at radius 3 is 2.69 bits per heavy atom. The van der Waals surface area contributed by atoms with Gasteiger partial charge in [0, 0.05) is 31.0 Å². The van der Waals surface area contributed by atoms with Crippen molar-refractivity contribution in [3.8, 4) is 17.0 Å². The predicted octanol–water partition coefficient (Wildman–Crippen LogP) is 3.08. The van der Waals surface area contributed by atoms with Gasteiger partial charge in [0.15, 0.2) is 0 Å². The maximum absolute atomic E-state index is 12.7. The van der Waals surface area contributed by atoms with Crippen LogP contribution in [-0.2, 0) is 6.54 Å². The summed E-state index contributed by atoms with van der Waals surface area (Å²) in [5, 5.41) is 9.16. The molecule has 29 heavy (non-hydrogen) atoms. The first-order chi connectivity index (χ1) is 13.7. The molecule has 0 spiro atoms. The lowest BCUT2D eigenvalue weighted by Crippen LogP contribution is -2.30. The number of halogens is 1. The zero-order chi connectivity index (χ0) is 19.5. The highest BCUT2D eigenvalue weighted by Crippen LogP contribution is 2.21. The Bertz CT molecular complexity index is 1170. The van der Waals surface area contributed by atoms with Crippen LogP contribution in [0, 0.1) is 0 Å². The molecule has 0 aliphatic carbocycles. The molecule has 0 saturated heterocycles. The van der Waals surface area contributed by atoms with Gasteiger partial charge in [-0.15, -0.1) is 23.7 Å². The third-order valence-electron chi connectivity index (χ3n) is 4.37. The molecule has 1 N–H and O–H groups in total. The number of hydrogen-bond donors (Lipinski definition) is 1. The number of aromatic nitrogens is 3. The highest BCUT2D eigenvalue weighted by molar-refractivity contribution is 7.12. The number of amides is 1. The Labute approximate surface area is 177 Å². The second-order valence-electron chi connectivity index (χ2n) is 6.12. The van der Waals surface area contributed by atoms with Gasteiger partial charge in [0.05, 0.1) is 17.7 Å². The van der Waals surface area contributed by atoms with E-state index in [1.807, 2.05) is 35.7 Å². The van der Waals surface area contributed by atoms with Crippen LogP contribution in [0.25, 0.3) is 16.8 Å². The van der Waals surface area contributed by atoms with Crippen molar-refractivity contribution in [2.45, 2.75) is 6.54 Å². The van der Waals surface area contributed by atoms with Crippen LogP contribution in [-0.4, -0.2) is 33.7 Å². The monoisotopic (exact) mass is 430 g/mol. The Kier molecular flexibility index (Phi) is 6.36. The van der Waals surface area contributed by atoms with E-state index in [1.165, 1.54) is 11.3 Å². The minimum absolute atomic E-state index is 0. The molecular formula is C20H19ClN4O3S. The smallest absolute Gasteiger partial charge is 0.276 e. The summed E-state index contributed by atoms with van der Waals surface area (Å²) in [6, 6.07) is 12.9. The second-order valence-corrected chi connectivity index (χ2v) is 7.07. The van der Waals surface area contributed by atoms with Crippen molar-refractivity contribution < 1.29 is 9.53 Å². The van der Waals surface area contributed by atoms with Gasteiger partial charge in [-0.2, -0.15) is 5.10 Å². The summed E-state index contributed by atoms with van der Waals surface area (Å²) in [5.74, 6) is 0.634. The first-order valence-electron chi connectivity index (χ1n) is 8.70. The first kappa shape index (κ1) is 20.6. The Morgan fingerprint density at radius 2 is 2.00 bits per heavy atom. The van der Waals surface area contributed by atoms with Crippen LogP contribution in [0.15, 0.2) is 65.0 Å². The molecule has 3 heterocycles. The van der Waals surface area contributed by atoms with E-state index in [2.05, 4.69) is 10.4 Å². The molecule has 0 atom stereocenters. The molecule has 0 aliphatic heterocycles. The van der Waals surface area contributed by atoms with Crippen molar-refractivity contribution in [3.05, 3.63) is 75.5 Å². The number of nitrogens with zero attached hydrogens (tertiary/aromatic N) is 3.